The van der Waals surface area contributed by atoms with Gasteiger partial charge in [0.1, 0.15) is 27.4 Å². The fourth-order valence-corrected chi connectivity index (χ4v) is 6.81. The Morgan fingerprint density at radius 2 is 1.00 bits per heavy atom. The first-order valence-electron chi connectivity index (χ1n) is 18.9. The second-order valence-corrected chi connectivity index (χ2v) is 16.2. The Morgan fingerprint density at radius 3 is 1.44 bits per heavy atom. The number of unbranched alkanes of at least 4 members (excludes halogenated alkanes) is 12. The van der Waals surface area contributed by atoms with Crippen LogP contribution in [0, 0.1) is 0 Å². The van der Waals surface area contributed by atoms with Crippen molar-refractivity contribution in [1.29, 1.82) is 0 Å². The van der Waals surface area contributed by atoms with Gasteiger partial charge in [0.15, 0.2) is 11.5 Å². The SMILES string of the molecule is CCCCCCCCCc1cccc(Oc2ccc(S(=O)(=O)O)cc2O)c1.CCCCCCCCCc1cccc(Oc2ccc(S(=O)(=O)[O-])cc2[O-])c1.[Ca+2]. The van der Waals surface area contributed by atoms with Crippen molar-refractivity contribution < 1.29 is 45.6 Å². The minimum absolute atomic E-state index is 0. The van der Waals surface area contributed by atoms with Crippen molar-refractivity contribution in [3.05, 3.63) is 96.1 Å². The number of hydrogen-bond acceptors (Lipinski definition) is 9. The van der Waals surface area contributed by atoms with Crippen molar-refractivity contribution in [1.82, 2.24) is 0 Å². The summed E-state index contributed by atoms with van der Waals surface area (Å²) in [5, 5.41) is 21.9. The molecule has 296 valence electrons. The van der Waals surface area contributed by atoms with Crippen LogP contribution in [0.4, 0.5) is 0 Å². The minimum atomic E-state index is -4.65. The number of benzene rings is 4. The van der Waals surface area contributed by atoms with Crippen molar-refractivity contribution in [2.45, 2.75) is 126 Å². The molecule has 13 heteroatoms. The Morgan fingerprint density at radius 1 is 0.564 bits per heavy atom. The Kier molecular flexibility index (Phi) is 22.3. The van der Waals surface area contributed by atoms with Gasteiger partial charge in [0.05, 0.1) is 9.79 Å². The Balaban J connectivity index is 0.000000373. The zero-order chi connectivity index (χ0) is 39.4. The molecule has 0 fully saturated rings. The van der Waals surface area contributed by atoms with Crippen LogP contribution in [0.15, 0.2) is 94.7 Å². The van der Waals surface area contributed by atoms with Crippen LogP contribution < -0.4 is 14.6 Å². The summed E-state index contributed by atoms with van der Waals surface area (Å²) >= 11 is 0. The number of rotatable bonds is 22. The maximum absolute atomic E-state index is 12.0. The summed E-state index contributed by atoms with van der Waals surface area (Å²) in [6.07, 6.45) is 19.5. The normalized spacial score (nSPS) is 11.3. The van der Waals surface area contributed by atoms with Crippen LogP contribution in [-0.2, 0) is 33.1 Å². The molecular formula is C42H54CaO10S2. The molecule has 4 rings (SSSR count). The predicted octanol–water partition coefficient (Wildman–Crippen LogP) is 10.1. The summed E-state index contributed by atoms with van der Waals surface area (Å²) < 4.78 is 75.3. The van der Waals surface area contributed by atoms with E-state index in [4.69, 9.17) is 14.0 Å². The smallest absolute Gasteiger partial charge is 0.870 e. The Bertz CT molecular complexity index is 1810. The van der Waals surface area contributed by atoms with Gasteiger partial charge in [-0.3, -0.25) is 4.55 Å². The molecular weight excluding hydrogens is 769 g/mol. The number of ether oxygens (including phenoxy) is 2. The average Bonchev–Trinajstić information content (AvgIpc) is 3.12. The van der Waals surface area contributed by atoms with Crippen LogP contribution in [0.1, 0.15) is 115 Å². The van der Waals surface area contributed by atoms with E-state index in [1.165, 1.54) is 95.2 Å². The van der Waals surface area contributed by atoms with Gasteiger partial charge in [-0.2, -0.15) is 8.42 Å². The summed E-state index contributed by atoms with van der Waals surface area (Å²) in [6, 6.07) is 21.7. The first-order valence-corrected chi connectivity index (χ1v) is 21.8. The fraction of sp³-hybridized carbons (Fsp3) is 0.429. The largest absolute Gasteiger partial charge is 2.00 e. The van der Waals surface area contributed by atoms with Crippen molar-refractivity contribution >= 4 is 58.0 Å². The van der Waals surface area contributed by atoms with Crippen molar-refractivity contribution in [2.75, 3.05) is 0 Å². The van der Waals surface area contributed by atoms with Gasteiger partial charge in [0, 0.05) is 6.07 Å². The molecule has 0 aliphatic rings. The zero-order valence-electron chi connectivity index (χ0n) is 32.1. The molecule has 0 unspecified atom stereocenters. The van der Waals surface area contributed by atoms with Gasteiger partial charge in [0.2, 0.25) is 0 Å². The van der Waals surface area contributed by atoms with Crippen LogP contribution in [0.2, 0.25) is 0 Å². The molecule has 0 saturated carbocycles. The summed E-state index contributed by atoms with van der Waals surface area (Å²) in [6.45, 7) is 4.43. The van der Waals surface area contributed by atoms with Gasteiger partial charge in [-0.15, -0.1) is 0 Å². The van der Waals surface area contributed by atoms with E-state index >= 15 is 0 Å². The van der Waals surface area contributed by atoms with E-state index < -0.39 is 30.9 Å². The van der Waals surface area contributed by atoms with E-state index in [9.17, 15) is 31.6 Å². The van der Waals surface area contributed by atoms with Crippen LogP contribution in [0.25, 0.3) is 0 Å². The molecule has 0 aliphatic carbocycles. The van der Waals surface area contributed by atoms with E-state index in [1.54, 1.807) is 12.1 Å². The first-order chi connectivity index (χ1) is 25.8. The molecule has 0 aromatic heterocycles. The minimum Gasteiger partial charge on any atom is -0.870 e. The van der Waals surface area contributed by atoms with Gasteiger partial charge in [0.25, 0.3) is 10.1 Å². The number of hydrogen-bond donors (Lipinski definition) is 2. The molecule has 0 amide bonds. The third kappa shape index (κ3) is 18.8. The van der Waals surface area contributed by atoms with Crippen molar-refractivity contribution in [3.63, 3.8) is 0 Å². The summed E-state index contributed by atoms with van der Waals surface area (Å²) in [5.74, 6) is 0.244. The molecule has 0 atom stereocenters. The number of aryl methyl sites for hydroxylation is 2. The number of phenolic OH excluding ortho intramolecular Hbond substituents is 1. The molecule has 0 radical (unpaired) electrons. The van der Waals surface area contributed by atoms with Gasteiger partial charge < -0.3 is 24.2 Å². The summed E-state index contributed by atoms with van der Waals surface area (Å²) in [5.41, 5.74) is 2.29. The fourth-order valence-electron chi connectivity index (χ4n) is 5.83. The monoisotopic (exact) mass is 822 g/mol. The average molecular weight is 823 g/mol. The second-order valence-electron chi connectivity index (χ2n) is 13.4. The van der Waals surface area contributed by atoms with E-state index in [0.29, 0.717) is 11.5 Å². The number of aromatic hydroxyl groups is 1. The standard InChI is InChI=1S/2C21H28O5S.Ca/c2*1-2-3-4-5-6-7-8-10-17-11-9-12-18(15-17)26-21-14-13-19(16-20(21)22)27(23,24)25;/h2*9,11-16,22H,2-8,10H2,1H3,(H,23,24,25);/q;;+2/p-2. The molecule has 0 bridgehead atoms. The Labute approximate surface area is 357 Å². The van der Waals surface area contributed by atoms with E-state index in [2.05, 4.69) is 13.8 Å². The van der Waals surface area contributed by atoms with E-state index in [1.807, 2.05) is 36.4 Å². The predicted molar refractivity (Wildman–Crippen MR) is 214 cm³/mol. The van der Waals surface area contributed by atoms with Crippen LogP contribution in [-0.4, -0.2) is 68.8 Å². The third-order valence-electron chi connectivity index (χ3n) is 8.82. The van der Waals surface area contributed by atoms with Crippen LogP contribution in [0.3, 0.4) is 0 Å². The van der Waals surface area contributed by atoms with Gasteiger partial charge in [-0.25, -0.2) is 8.42 Å². The quantitative estimate of drug-likeness (QED) is 0.0441. The van der Waals surface area contributed by atoms with Crippen molar-refractivity contribution in [2.24, 2.45) is 0 Å². The van der Waals surface area contributed by atoms with Gasteiger partial charge in [-0.1, -0.05) is 121 Å². The van der Waals surface area contributed by atoms with Crippen LogP contribution >= 0.6 is 0 Å². The van der Waals surface area contributed by atoms with E-state index in [0.717, 1.165) is 55.0 Å². The number of phenols is 1. The maximum Gasteiger partial charge on any atom is 2.00 e. The first kappa shape index (κ1) is 48.3. The molecule has 4 aromatic carbocycles. The topological polar surface area (TPSA) is 173 Å². The third-order valence-corrected chi connectivity index (χ3v) is 10.5. The molecule has 4 aromatic rings. The molecule has 0 heterocycles. The van der Waals surface area contributed by atoms with Crippen molar-refractivity contribution in [3.8, 4) is 34.5 Å². The summed E-state index contributed by atoms with van der Waals surface area (Å²) in [4.78, 5) is -0.924. The Hall–Kier alpha value is -2.84. The molecule has 0 spiro atoms. The van der Waals surface area contributed by atoms with Crippen LogP contribution in [0.5, 0.6) is 34.5 Å². The molecule has 2 N–H and O–H groups in total. The maximum atomic E-state index is 12.0. The molecule has 10 nitrogen and oxygen atoms in total. The second kappa shape index (κ2) is 25.4. The van der Waals surface area contributed by atoms with Gasteiger partial charge >= 0.3 is 37.7 Å². The molecule has 0 aliphatic heterocycles. The molecule has 55 heavy (non-hydrogen) atoms. The molecule has 0 saturated heterocycles. The summed E-state index contributed by atoms with van der Waals surface area (Å²) in [7, 11) is -9.01. The van der Waals surface area contributed by atoms with E-state index in [-0.39, 0.29) is 59.9 Å². The zero-order valence-corrected chi connectivity index (χ0v) is 35.9. The van der Waals surface area contributed by atoms with Gasteiger partial charge in [-0.05, 0) is 91.4 Å².